The van der Waals surface area contributed by atoms with Gasteiger partial charge in [-0.3, -0.25) is 0 Å². The van der Waals surface area contributed by atoms with Crippen LogP contribution in [0.1, 0.15) is 18.9 Å². The minimum Gasteiger partial charge on any atom is -0.372 e. The minimum atomic E-state index is -4.27. The lowest BCUT2D eigenvalue weighted by Crippen LogP contribution is -2.30. The van der Waals surface area contributed by atoms with Gasteiger partial charge >= 0.3 is 6.18 Å². The van der Waals surface area contributed by atoms with Gasteiger partial charge in [-0.2, -0.15) is 13.2 Å². The zero-order valence-electron chi connectivity index (χ0n) is 12.0. The van der Waals surface area contributed by atoms with Crippen LogP contribution in [0.5, 0.6) is 0 Å². The van der Waals surface area contributed by atoms with Crippen molar-refractivity contribution in [3.63, 3.8) is 0 Å². The molecule has 0 heterocycles. The number of hydrogen-bond acceptors (Lipinski definition) is 2. The Balaban J connectivity index is 2.50. The van der Waals surface area contributed by atoms with Gasteiger partial charge in [-0.05, 0) is 43.0 Å². The monoisotopic (exact) mass is 367 g/mol. The molecule has 21 heavy (non-hydrogen) atoms. The molecule has 2 nitrogen and oxygen atoms in total. The van der Waals surface area contributed by atoms with Crippen molar-refractivity contribution >= 4 is 15.9 Å². The van der Waals surface area contributed by atoms with Gasteiger partial charge in [0.1, 0.15) is 6.61 Å². The summed E-state index contributed by atoms with van der Waals surface area (Å²) in [6, 6.07) is 7.80. The first-order chi connectivity index (χ1) is 9.90. The van der Waals surface area contributed by atoms with E-state index in [2.05, 4.69) is 28.2 Å². The number of nitrogens with one attached hydrogen (secondary N) is 1. The normalized spacial score (nSPS) is 13.4. The van der Waals surface area contributed by atoms with E-state index in [9.17, 15) is 13.2 Å². The zero-order chi connectivity index (χ0) is 15.7. The number of benzene rings is 1. The van der Waals surface area contributed by atoms with Gasteiger partial charge in [-0.15, -0.1) is 0 Å². The van der Waals surface area contributed by atoms with Gasteiger partial charge in [0.25, 0.3) is 0 Å². The highest BCUT2D eigenvalue weighted by atomic mass is 79.9. The van der Waals surface area contributed by atoms with Gasteiger partial charge in [0.2, 0.25) is 0 Å². The number of halogens is 4. The molecule has 0 aliphatic rings. The summed E-state index contributed by atoms with van der Waals surface area (Å²) in [5.41, 5.74) is 1.09. The first-order valence-corrected chi connectivity index (χ1v) is 7.79. The second-order valence-corrected chi connectivity index (χ2v) is 5.95. The van der Waals surface area contributed by atoms with Crippen molar-refractivity contribution in [2.75, 3.05) is 26.3 Å². The Labute approximate surface area is 132 Å². The van der Waals surface area contributed by atoms with Crippen LogP contribution >= 0.6 is 15.9 Å². The van der Waals surface area contributed by atoms with E-state index in [1.165, 1.54) is 0 Å². The van der Waals surface area contributed by atoms with Crippen LogP contribution in [0, 0.1) is 5.92 Å². The molecule has 0 bridgehead atoms. The van der Waals surface area contributed by atoms with E-state index in [1.54, 1.807) is 0 Å². The van der Waals surface area contributed by atoms with Gasteiger partial charge < -0.3 is 10.1 Å². The van der Waals surface area contributed by atoms with Crippen molar-refractivity contribution < 1.29 is 17.9 Å². The predicted octanol–water partition coefficient (Wildman–Crippen LogP) is 4.19. The van der Waals surface area contributed by atoms with Gasteiger partial charge in [0.15, 0.2) is 0 Å². The summed E-state index contributed by atoms with van der Waals surface area (Å²) in [6.07, 6.45) is -2.59. The molecule has 1 unspecified atom stereocenters. The number of alkyl halides is 3. The average molecular weight is 368 g/mol. The Hall–Kier alpha value is -0.590. The highest BCUT2D eigenvalue weighted by Crippen LogP contribution is 2.18. The highest BCUT2D eigenvalue weighted by Gasteiger charge is 2.27. The molecular formula is C15H21BrF3NO. The molecule has 0 spiro atoms. The molecule has 1 atom stereocenters. The summed E-state index contributed by atoms with van der Waals surface area (Å²) in [5, 5.41) is 3.24. The van der Waals surface area contributed by atoms with E-state index >= 15 is 0 Å². The van der Waals surface area contributed by atoms with Crippen LogP contribution < -0.4 is 5.32 Å². The van der Waals surface area contributed by atoms with Crippen LogP contribution in [0.25, 0.3) is 0 Å². The quantitative estimate of drug-likeness (QED) is 0.660. The Morgan fingerprint density at radius 2 is 2.10 bits per heavy atom. The molecule has 120 valence electrons. The van der Waals surface area contributed by atoms with E-state index in [1.807, 2.05) is 24.3 Å². The Morgan fingerprint density at radius 1 is 1.33 bits per heavy atom. The lowest BCUT2D eigenvalue weighted by atomic mass is 10.00. The zero-order valence-corrected chi connectivity index (χ0v) is 13.6. The van der Waals surface area contributed by atoms with Crippen LogP contribution in [-0.2, 0) is 11.2 Å². The average Bonchev–Trinajstić information content (AvgIpc) is 2.37. The summed E-state index contributed by atoms with van der Waals surface area (Å²) in [7, 11) is 0. The summed E-state index contributed by atoms with van der Waals surface area (Å²) in [4.78, 5) is 0. The second kappa shape index (κ2) is 9.43. The molecule has 1 aromatic rings. The Kier molecular flexibility index (Phi) is 8.29. The molecule has 6 heteroatoms. The molecule has 1 N–H and O–H groups in total. The van der Waals surface area contributed by atoms with Crippen LogP contribution in [0.2, 0.25) is 0 Å². The van der Waals surface area contributed by atoms with Crippen molar-refractivity contribution in [3.8, 4) is 0 Å². The molecule has 1 rings (SSSR count). The third-order valence-corrected chi connectivity index (χ3v) is 3.39. The van der Waals surface area contributed by atoms with Crippen LogP contribution in [0.15, 0.2) is 28.7 Å². The topological polar surface area (TPSA) is 21.3 Å². The fourth-order valence-electron chi connectivity index (χ4n) is 2.01. The molecule has 0 aliphatic heterocycles. The number of hydrogen-bond donors (Lipinski definition) is 1. The molecular weight excluding hydrogens is 347 g/mol. The van der Waals surface area contributed by atoms with Crippen molar-refractivity contribution in [1.82, 2.24) is 5.32 Å². The maximum Gasteiger partial charge on any atom is 0.411 e. The SMILES string of the molecule is CCCNCC(COCC(F)(F)F)Cc1cccc(Br)c1. The molecule has 0 saturated heterocycles. The van der Waals surface area contributed by atoms with E-state index in [0.717, 1.165) is 23.0 Å². The van der Waals surface area contributed by atoms with E-state index in [0.29, 0.717) is 13.0 Å². The van der Waals surface area contributed by atoms with Gasteiger partial charge in [0.05, 0.1) is 6.61 Å². The maximum absolute atomic E-state index is 12.1. The summed E-state index contributed by atoms with van der Waals surface area (Å²) >= 11 is 3.40. The smallest absolute Gasteiger partial charge is 0.372 e. The molecule has 1 aromatic carbocycles. The first-order valence-electron chi connectivity index (χ1n) is 7.00. The molecule has 0 radical (unpaired) electrons. The Bertz CT molecular complexity index is 412. The third kappa shape index (κ3) is 9.11. The van der Waals surface area contributed by atoms with E-state index in [4.69, 9.17) is 4.74 Å². The van der Waals surface area contributed by atoms with E-state index in [-0.39, 0.29) is 12.5 Å². The van der Waals surface area contributed by atoms with Crippen LogP contribution in [0.4, 0.5) is 13.2 Å². The van der Waals surface area contributed by atoms with E-state index < -0.39 is 12.8 Å². The fraction of sp³-hybridized carbons (Fsp3) is 0.600. The van der Waals surface area contributed by atoms with Crippen LogP contribution in [-0.4, -0.2) is 32.5 Å². The largest absolute Gasteiger partial charge is 0.411 e. The first kappa shape index (κ1) is 18.5. The summed E-state index contributed by atoms with van der Waals surface area (Å²) in [5.74, 6) is 0.0215. The standard InChI is InChI=1S/C15H21BrF3NO/c1-2-6-20-9-13(10-21-11-15(17,18)19)7-12-4-3-5-14(16)8-12/h3-5,8,13,20H,2,6-7,9-11H2,1H3. The van der Waals surface area contributed by atoms with Crippen molar-refractivity contribution in [1.29, 1.82) is 0 Å². The fourth-order valence-corrected chi connectivity index (χ4v) is 2.46. The molecule has 0 aromatic heterocycles. The van der Waals surface area contributed by atoms with Crippen molar-refractivity contribution in [2.24, 2.45) is 5.92 Å². The lowest BCUT2D eigenvalue weighted by Gasteiger charge is -2.18. The molecule has 0 fully saturated rings. The number of rotatable bonds is 9. The molecule has 0 saturated carbocycles. The second-order valence-electron chi connectivity index (χ2n) is 5.03. The summed E-state index contributed by atoms with van der Waals surface area (Å²) in [6.45, 7) is 2.47. The lowest BCUT2D eigenvalue weighted by molar-refractivity contribution is -0.176. The predicted molar refractivity (Wildman–Crippen MR) is 81.4 cm³/mol. The number of ether oxygens (including phenoxy) is 1. The van der Waals surface area contributed by atoms with Gasteiger partial charge in [-0.1, -0.05) is 35.0 Å². The highest BCUT2D eigenvalue weighted by molar-refractivity contribution is 9.10. The Morgan fingerprint density at radius 3 is 2.71 bits per heavy atom. The summed E-state index contributed by atoms with van der Waals surface area (Å²) < 4.78 is 42.2. The van der Waals surface area contributed by atoms with Gasteiger partial charge in [0, 0.05) is 11.0 Å². The van der Waals surface area contributed by atoms with Gasteiger partial charge in [-0.25, -0.2) is 0 Å². The third-order valence-electron chi connectivity index (χ3n) is 2.89. The maximum atomic E-state index is 12.1. The van der Waals surface area contributed by atoms with Crippen molar-refractivity contribution in [3.05, 3.63) is 34.3 Å². The minimum absolute atomic E-state index is 0.0215. The molecule has 0 aliphatic carbocycles. The van der Waals surface area contributed by atoms with Crippen molar-refractivity contribution in [2.45, 2.75) is 25.9 Å². The van der Waals surface area contributed by atoms with Crippen LogP contribution in [0.3, 0.4) is 0 Å². The molecule has 0 amide bonds.